The molecule has 1 aromatic carbocycles. The Morgan fingerprint density at radius 3 is 2.72 bits per heavy atom. The SMILES string of the molecule is CCCOc1ccccc1-c1nc2c(CCC)nn(CC(=O)NCC)c2c(=O)[nH]1. The molecule has 0 radical (unpaired) electrons. The zero-order chi connectivity index (χ0) is 20.8. The molecule has 2 N–H and O–H groups in total. The average molecular weight is 397 g/mol. The van der Waals surface area contributed by atoms with Crippen LogP contribution < -0.4 is 15.6 Å². The molecule has 0 aliphatic heterocycles. The Morgan fingerprint density at radius 1 is 1.21 bits per heavy atom. The number of aromatic nitrogens is 4. The van der Waals surface area contributed by atoms with Crippen LogP contribution in [-0.2, 0) is 17.8 Å². The molecule has 0 spiro atoms. The van der Waals surface area contributed by atoms with Gasteiger partial charge in [-0.2, -0.15) is 5.10 Å². The highest BCUT2D eigenvalue weighted by atomic mass is 16.5. The maximum atomic E-state index is 12.9. The maximum Gasteiger partial charge on any atom is 0.277 e. The summed E-state index contributed by atoms with van der Waals surface area (Å²) in [4.78, 5) is 32.6. The van der Waals surface area contributed by atoms with E-state index in [1.165, 1.54) is 4.68 Å². The lowest BCUT2D eigenvalue weighted by molar-refractivity contribution is -0.121. The fourth-order valence-corrected chi connectivity index (χ4v) is 3.19. The molecule has 0 fully saturated rings. The van der Waals surface area contributed by atoms with Crippen LogP contribution in [0.2, 0.25) is 0 Å². The number of aryl methyl sites for hydroxylation is 1. The van der Waals surface area contributed by atoms with Gasteiger partial charge < -0.3 is 15.0 Å². The molecule has 2 aromatic heterocycles. The largest absolute Gasteiger partial charge is 0.493 e. The summed E-state index contributed by atoms with van der Waals surface area (Å²) in [6.07, 6.45) is 2.40. The van der Waals surface area contributed by atoms with Gasteiger partial charge in [-0.05, 0) is 31.9 Å². The van der Waals surface area contributed by atoms with E-state index in [1.54, 1.807) is 0 Å². The topological polar surface area (TPSA) is 102 Å². The number of benzene rings is 1. The summed E-state index contributed by atoms with van der Waals surface area (Å²) >= 11 is 0. The fraction of sp³-hybridized carbons (Fsp3) is 0.429. The molecule has 0 atom stereocenters. The van der Waals surface area contributed by atoms with Gasteiger partial charge in [0.2, 0.25) is 5.91 Å². The van der Waals surface area contributed by atoms with Gasteiger partial charge in [0.25, 0.3) is 5.56 Å². The molecule has 0 bridgehead atoms. The number of para-hydroxylation sites is 1. The second kappa shape index (κ2) is 9.36. The summed E-state index contributed by atoms with van der Waals surface area (Å²) in [6.45, 7) is 7.00. The molecule has 154 valence electrons. The number of H-pyrrole nitrogens is 1. The molecule has 0 saturated heterocycles. The van der Waals surface area contributed by atoms with Crippen molar-refractivity contribution in [1.82, 2.24) is 25.1 Å². The van der Waals surface area contributed by atoms with E-state index >= 15 is 0 Å². The first kappa shape index (κ1) is 20.6. The minimum absolute atomic E-state index is 0.0195. The molecule has 2 heterocycles. The molecule has 0 aliphatic carbocycles. The van der Waals surface area contributed by atoms with Gasteiger partial charge in [0.15, 0.2) is 5.52 Å². The van der Waals surface area contributed by atoms with Crippen molar-refractivity contribution in [2.75, 3.05) is 13.2 Å². The first-order chi connectivity index (χ1) is 14.1. The summed E-state index contributed by atoms with van der Waals surface area (Å²) in [6, 6.07) is 7.50. The van der Waals surface area contributed by atoms with Crippen LogP contribution in [-0.4, -0.2) is 38.8 Å². The number of rotatable bonds is 9. The standard InChI is InChI=1S/C21H27N5O3/c1-4-9-15-18-19(26(25-15)13-17(27)22-6-3)21(28)24-20(23-18)14-10-7-8-11-16(14)29-12-5-2/h7-8,10-11H,4-6,9,12-13H2,1-3H3,(H,22,27)(H,23,24,28). The van der Waals surface area contributed by atoms with Gasteiger partial charge in [-0.3, -0.25) is 9.59 Å². The third-order valence-electron chi connectivity index (χ3n) is 4.43. The van der Waals surface area contributed by atoms with Crippen molar-refractivity contribution in [1.29, 1.82) is 0 Å². The number of nitrogens with zero attached hydrogens (tertiary/aromatic N) is 3. The molecule has 0 unspecified atom stereocenters. The molecule has 0 aliphatic rings. The smallest absolute Gasteiger partial charge is 0.277 e. The van der Waals surface area contributed by atoms with Crippen molar-refractivity contribution in [3.63, 3.8) is 0 Å². The molecule has 29 heavy (non-hydrogen) atoms. The predicted molar refractivity (Wildman–Crippen MR) is 112 cm³/mol. The van der Waals surface area contributed by atoms with Gasteiger partial charge in [-0.25, -0.2) is 9.67 Å². The Morgan fingerprint density at radius 2 is 2.00 bits per heavy atom. The van der Waals surface area contributed by atoms with Crippen molar-refractivity contribution in [2.45, 2.75) is 46.6 Å². The van der Waals surface area contributed by atoms with Crippen LogP contribution in [0.3, 0.4) is 0 Å². The Balaban J connectivity index is 2.13. The number of likely N-dealkylation sites (N-methyl/N-ethyl adjacent to an activating group) is 1. The van der Waals surface area contributed by atoms with E-state index in [-0.39, 0.29) is 18.0 Å². The van der Waals surface area contributed by atoms with E-state index in [9.17, 15) is 9.59 Å². The van der Waals surface area contributed by atoms with Gasteiger partial charge in [0.05, 0.1) is 17.9 Å². The van der Waals surface area contributed by atoms with E-state index in [1.807, 2.05) is 45.0 Å². The minimum atomic E-state index is -0.325. The molecule has 0 saturated carbocycles. The zero-order valence-electron chi connectivity index (χ0n) is 17.1. The Labute approximate surface area is 169 Å². The third-order valence-corrected chi connectivity index (χ3v) is 4.43. The highest BCUT2D eigenvalue weighted by Gasteiger charge is 2.19. The Hall–Kier alpha value is -3.16. The van der Waals surface area contributed by atoms with Crippen LogP contribution in [0.15, 0.2) is 29.1 Å². The maximum absolute atomic E-state index is 12.9. The van der Waals surface area contributed by atoms with E-state index in [0.29, 0.717) is 47.9 Å². The number of hydrogen-bond donors (Lipinski definition) is 2. The number of carbonyl (C=O) groups excluding carboxylic acids is 1. The summed E-state index contributed by atoms with van der Waals surface area (Å²) in [5, 5.41) is 7.25. The predicted octanol–water partition coefficient (Wildman–Crippen LogP) is 2.66. The van der Waals surface area contributed by atoms with Crippen molar-refractivity contribution in [3.8, 4) is 17.1 Å². The molecule has 8 heteroatoms. The van der Waals surface area contributed by atoms with Crippen molar-refractivity contribution in [3.05, 3.63) is 40.3 Å². The van der Waals surface area contributed by atoms with Gasteiger partial charge in [-0.1, -0.05) is 32.4 Å². The number of fused-ring (bicyclic) bond motifs is 1. The van der Waals surface area contributed by atoms with E-state index in [2.05, 4.69) is 15.4 Å². The summed E-state index contributed by atoms with van der Waals surface area (Å²) < 4.78 is 7.26. The Bertz CT molecular complexity index is 1050. The molecular weight excluding hydrogens is 370 g/mol. The second-order valence-corrected chi connectivity index (χ2v) is 6.76. The lowest BCUT2D eigenvalue weighted by Crippen LogP contribution is -2.28. The van der Waals surface area contributed by atoms with Crippen molar-refractivity contribution in [2.24, 2.45) is 0 Å². The molecule has 8 nitrogen and oxygen atoms in total. The Kier molecular flexibility index (Phi) is 6.64. The summed E-state index contributed by atoms with van der Waals surface area (Å²) in [5.41, 5.74) is 1.95. The number of ether oxygens (including phenoxy) is 1. The first-order valence-electron chi connectivity index (χ1n) is 10.1. The zero-order valence-corrected chi connectivity index (χ0v) is 17.1. The number of aromatic amines is 1. The monoisotopic (exact) mass is 397 g/mol. The average Bonchev–Trinajstić information content (AvgIpc) is 3.04. The normalized spacial score (nSPS) is 11.0. The quantitative estimate of drug-likeness (QED) is 0.578. The summed E-state index contributed by atoms with van der Waals surface area (Å²) in [5.74, 6) is 0.912. The lowest BCUT2D eigenvalue weighted by Gasteiger charge is -2.10. The van der Waals surface area contributed by atoms with Crippen LogP contribution in [0, 0.1) is 0 Å². The molecule has 1 amide bonds. The minimum Gasteiger partial charge on any atom is -0.493 e. The second-order valence-electron chi connectivity index (χ2n) is 6.76. The third kappa shape index (κ3) is 4.47. The van der Waals surface area contributed by atoms with Crippen LogP contribution in [0.1, 0.15) is 39.3 Å². The van der Waals surface area contributed by atoms with Gasteiger partial charge >= 0.3 is 0 Å². The highest BCUT2D eigenvalue weighted by molar-refractivity contribution is 5.82. The molecule has 3 rings (SSSR count). The van der Waals surface area contributed by atoms with Gasteiger partial charge in [0.1, 0.15) is 23.6 Å². The van der Waals surface area contributed by atoms with E-state index in [0.717, 1.165) is 18.4 Å². The lowest BCUT2D eigenvalue weighted by atomic mass is 10.1. The van der Waals surface area contributed by atoms with Crippen LogP contribution in [0.5, 0.6) is 5.75 Å². The summed E-state index contributed by atoms with van der Waals surface area (Å²) in [7, 11) is 0. The molecular formula is C21H27N5O3. The number of nitrogens with one attached hydrogen (secondary N) is 2. The van der Waals surface area contributed by atoms with Crippen LogP contribution in [0.25, 0.3) is 22.4 Å². The van der Waals surface area contributed by atoms with Crippen molar-refractivity contribution >= 4 is 16.9 Å². The van der Waals surface area contributed by atoms with E-state index in [4.69, 9.17) is 9.72 Å². The number of carbonyl (C=O) groups is 1. The number of hydrogen-bond acceptors (Lipinski definition) is 5. The number of amides is 1. The van der Waals surface area contributed by atoms with Gasteiger partial charge in [-0.15, -0.1) is 0 Å². The van der Waals surface area contributed by atoms with Crippen LogP contribution >= 0.6 is 0 Å². The van der Waals surface area contributed by atoms with E-state index < -0.39 is 0 Å². The molecule has 3 aromatic rings. The first-order valence-corrected chi connectivity index (χ1v) is 10.1. The highest BCUT2D eigenvalue weighted by Crippen LogP contribution is 2.28. The van der Waals surface area contributed by atoms with Crippen LogP contribution in [0.4, 0.5) is 0 Å². The van der Waals surface area contributed by atoms with Crippen molar-refractivity contribution < 1.29 is 9.53 Å². The van der Waals surface area contributed by atoms with Gasteiger partial charge in [0, 0.05) is 6.54 Å². The fourth-order valence-electron chi connectivity index (χ4n) is 3.19.